The van der Waals surface area contributed by atoms with Crippen LogP contribution in [0.1, 0.15) is 26.3 Å². The number of nitrogens with one attached hydrogen (secondary N) is 5. The van der Waals surface area contributed by atoms with Gasteiger partial charge in [0.2, 0.25) is 30.0 Å². The Morgan fingerprint density at radius 3 is 2.13 bits per heavy atom. The van der Waals surface area contributed by atoms with Gasteiger partial charge in [0.1, 0.15) is 12.1 Å². The summed E-state index contributed by atoms with van der Waals surface area (Å²) in [5.74, 6) is -2.42. The molecule has 0 saturated carbocycles. The lowest BCUT2D eigenvalue weighted by atomic mass is 10.0. The fourth-order valence-electron chi connectivity index (χ4n) is 2.45. The predicted octanol–water partition coefficient (Wildman–Crippen LogP) is -1.37. The van der Waals surface area contributed by atoms with Gasteiger partial charge in [0.15, 0.2) is 0 Å². The molecule has 0 spiro atoms. The highest BCUT2D eigenvalue weighted by Crippen LogP contribution is 2.10. The van der Waals surface area contributed by atoms with Crippen molar-refractivity contribution in [1.82, 2.24) is 21.3 Å². The molecule has 0 bridgehead atoms. The monoisotopic (exact) mass is 435 g/mol. The van der Waals surface area contributed by atoms with E-state index in [1.54, 1.807) is 38.1 Å². The Morgan fingerprint density at radius 1 is 0.935 bits per heavy atom. The molecule has 11 nitrogen and oxygen atoms in total. The minimum absolute atomic E-state index is 0.109. The highest BCUT2D eigenvalue weighted by molar-refractivity contribution is 5.98. The number of benzene rings is 1. The van der Waals surface area contributed by atoms with Crippen LogP contribution in [0.2, 0.25) is 0 Å². The largest absolute Gasteiger partial charge is 0.392 e. The second-order valence-corrected chi connectivity index (χ2v) is 7.14. The van der Waals surface area contributed by atoms with Gasteiger partial charge in [0, 0.05) is 5.69 Å². The SMILES string of the molecule is CC(C)[C@H](NC(=O)CNC(=O)CNC=O)C(=O)N[C@@H](C)C(=O)Nc1ccc(CO)cc1. The number of aliphatic hydroxyl groups is 1. The summed E-state index contributed by atoms with van der Waals surface area (Å²) in [5, 5.41) is 21.3. The first-order valence-electron chi connectivity index (χ1n) is 9.72. The number of carbonyl (C=O) groups excluding carboxylic acids is 5. The van der Waals surface area contributed by atoms with Gasteiger partial charge in [-0.05, 0) is 30.5 Å². The topological polar surface area (TPSA) is 166 Å². The Kier molecular flexibility index (Phi) is 10.7. The van der Waals surface area contributed by atoms with Gasteiger partial charge in [0.25, 0.3) is 0 Å². The normalized spacial score (nSPS) is 12.3. The molecule has 0 aliphatic rings. The first kappa shape index (κ1) is 25.6. The Morgan fingerprint density at radius 2 is 1.58 bits per heavy atom. The molecule has 1 aromatic rings. The first-order chi connectivity index (χ1) is 14.7. The lowest BCUT2D eigenvalue weighted by Crippen LogP contribution is -2.55. The van der Waals surface area contributed by atoms with E-state index in [4.69, 9.17) is 5.11 Å². The number of rotatable bonds is 12. The number of hydrogen-bond acceptors (Lipinski definition) is 6. The van der Waals surface area contributed by atoms with Gasteiger partial charge >= 0.3 is 0 Å². The molecule has 2 atom stereocenters. The molecule has 0 unspecified atom stereocenters. The van der Waals surface area contributed by atoms with E-state index in [0.29, 0.717) is 17.7 Å². The van der Waals surface area contributed by atoms with E-state index >= 15 is 0 Å². The predicted molar refractivity (Wildman–Crippen MR) is 112 cm³/mol. The molecular weight excluding hydrogens is 406 g/mol. The summed E-state index contributed by atoms with van der Waals surface area (Å²) in [6.45, 7) is 4.22. The van der Waals surface area contributed by atoms with Crippen LogP contribution in [0.3, 0.4) is 0 Å². The third-order valence-electron chi connectivity index (χ3n) is 4.21. The van der Waals surface area contributed by atoms with Gasteiger partial charge in [-0.3, -0.25) is 24.0 Å². The van der Waals surface area contributed by atoms with Crippen molar-refractivity contribution in [3.63, 3.8) is 0 Å². The van der Waals surface area contributed by atoms with Gasteiger partial charge in [-0.1, -0.05) is 26.0 Å². The Bertz CT molecular complexity index is 781. The van der Waals surface area contributed by atoms with E-state index < -0.39 is 35.7 Å². The smallest absolute Gasteiger partial charge is 0.246 e. The summed E-state index contributed by atoms with van der Waals surface area (Å²) in [6.07, 6.45) is 0.361. The molecular formula is C20H29N5O6. The fraction of sp³-hybridized carbons (Fsp3) is 0.450. The van der Waals surface area contributed by atoms with Crippen molar-refractivity contribution < 1.29 is 29.1 Å². The summed E-state index contributed by atoms with van der Waals surface area (Å²) < 4.78 is 0. The average molecular weight is 435 g/mol. The van der Waals surface area contributed by atoms with Crippen molar-refractivity contribution in [1.29, 1.82) is 0 Å². The number of hydrogen-bond donors (Lipinski definition) is 6. The van der Waals surface area contributed by atoms with E-state index in [1.165, 1.54) is 6.92 Å². The van der Waals surface area contributed by atoms with Crippen molar-refractivity contribution in [2.45, 2.75) is 39.5 Å². The molecule has 0 fully saturated rings. The summed E-state index contributed by atoms with van der Waals surface area (Å²) in [4.78, 5) is 58.6. The quantitative estimate of drug-likeness (QED) is 0.222. The fourth-order valence-corrected chi connectivity index (χ4v) is 2.45. The van der Waals surface area contributed by atoms with Crippen LogP contribution in [-0.4, -0.2) is 60.3 Å². The molecule has 1 rings (SSSR count). The second kappa shape index (κ2) is 13.0. The zero-order valence-corrected chi connectivity index (χ0v) is 17.7. The van der Waals surface area contributed by atoms with E-state index in [9.17, 15) is 24.0 Å². The van der Waals surface area contributed by atoms with Crippen molar-refractivity contribution in [3.8, 4) is 0 Å². The van der Waals surface area contributed by atoms with Gasteiger partial charge in [-0.15, -0.1) is 0 Å². The summed E-state index contributed by atoms with van der Waals surface area (Å²) in [6, 6.07) is 4.80. The molecule has 1 aromatic carbocycles. The number of anilines is 1. The lowest BCUT2D eigenvalue weighted by Gasteiger charge is -2.24. The molecule has 0 aromatic heterocycles. The van der Waals surface area contributed by atoms with Crippen molar-refractivity contribution >= 4 is 35.7 Å². The zero-order valence-electron chi connectivity index (χ0n) is 17.7. The van der Waals surface area contributed by atoms with Crippen LogP contribution in [0.15, 0.2) is 24.3 Å². The van der Waals surface area contributed by atoms with E-state index in [0.717, 1.165) is 0 Å². The van der Waals surface area contributed by atoms with Crippen LogP contribution in [0.5, 0.6) is 0 Å². The van der Waals surface area contributed by atoms with Gasteiger partial charge in [-0.2, -0.15) is 0 Å². The van der Waals surface area contributed by atoms with Crippen LogP contribution in [0, 0.1) is 5.92 Å². The first-order valence-corrected chi connectivity index (χ1v) is 9.72. The number of amides is 5. The third-order valence-corrected chi connectivity index (χ3v) is 4.21. The third kappa shape index (κ3) is 9.26. The van der Waals surface area contributed by atoms with E-state index in [1.807, 2.05) is 0 Å². The molecule has 0 radical (unpaired) electrons. The van der Waals surface area contributed by atoms with Crippen molar-refractivity contribution in [2.75, 3.05) is 18.4 Å². The van der Waals surface area contributed by atoms with Crippen LogP contribution in [0.25, 0.3) is 0 Å². The second-order valence-electron chi connectivity index (χ2n) is 7.14. The van der Waals surface area contributed by atoms with Crippen LogP contribution < -0.4 is 26.6 Å². The maximum absolute atomic E-state index is 12.6. The number of aliphatic hydroxyl groups excluding tert-OH is 1. The standard InChI is InChI=1S/C20H29N5O6/c1-12(2)18(25-17(29)9-22-16(28)8-21-11-27)20(31)23-13(3)19(30)24-15-6-4-14(10-26)5-7-15/h4-7,11-13,18,26H,8-10H2,1-3H3,(H,21,27)(H,22,28)(H,23,31)(H,24,30)(H,25,29)/t13-,18-/m0/s1. The zero-order chi connectivity index (χ0) is 23.4. The summed E-state index contributed by atoms with van der Waals surface area (Å²) >= 11 is 0. The van der Waals surface area contributed by atoms with Crippen LogP contribution >= 0.6 is 0 Å². The number of carbonyl (C=O) groups is 5. The molecule has 11 heteroatoms. The molecule has 5 amide bonds. The molecule has 170 valence electrons. The minimum atomic E-state index is -0.920. The molecule has 0 aliphatic heterocycles. The Balaban J connectivity index is 2.58. The maximum Gasteiger partial charge on any atom is 0.246 e. The lowest BCUT2D eigenvalue weighted by molar-refractivity contribution is -0.132. The van der Waals surface area contributed by atoms with Gasteiger partial charge in [-0.25, -0.2) is 0 Å². The summed E-state index contributed by atoms with van der Waals surface area (Å²) in [5.41, 5.74) is 1.21. The van der Waals surface area contributed by atoms with Crippen molar-refractivity contribution in [2.24, 2.45) is 5.92 Å². The highest BCUT2D eigenvalue weighted by Gasteiger charge is 2.27. The Hall–Kier alpha value is -3.47. The summed E-state index contributed by atoms with van der Waals surface area (Å²) in [7, 11) is 0. The van der Waals surface area contributed by atoms with Crippen molar-refractivity contribution in [3.05, 3.63) is 29.8 Å². The average Bonchev–Trinajstić information content (AvgIpc) is 2.74. The molecule has 0 saturated heterocycles. The molecule has 0 heterocycles. The van der Waals surface area contributed by atoms with E-state index in [2.05, 4.69) is 26.6 Å². The minimum Gasteiger partial charge on any atom is -0.392 e. The van der Waals surface area contributed by atoms with E-state index in [-0.39, 0.29) is 25.6 Å². The Labute approximate surface area is 180 Å². The maximum atomic E-state index is 12.6. The van der Waals surface area contributed by atoms with Crippen LogP contribution in [-0.2, 0) is 30.6 Å². The highest BCUT2D eigenvalue weighted by atomic mass is 16.3. The molecule has 6 N–H and O–H groups in total. The van der Waals surface area contributed by atoms with Crippen LogP contribution in [0.4, 0.5) is 5.69 Å². The van der Waals surface area contributed by atoms with Gasteiger partial charge in [0.05, 0.1) is 19.7 Å². The van der Waals surface area contributed by atoms with Gasteiger partial charge < -0.3 is 31.7 Å². The molecule has 31 heavy (non-hydrogen) atoms. The molecule has 0 aliphatic carbocycles.